The normalized spacial score (nSPS) is 12.6. The smallest absolute Gasteiger partial charge is 0.227 e. The zero-order chi connectivity index (χ0) is 24.7. The predicted molar refractivity (Wildman–Crippen MR) is 133 cm³/mol. The first-order valence-electron chi connectivity index (χ1n) is 11.7. The van der Waals surface area contributed by atoms with Crippen molar-refractivity contribution >= 4 is 17.7 Å². The quantitative estimate of drug-likeness (QED) is 0.336. The van der Waals surface area contributed by atoms with Gasteiger partial charge in [-0.15, -0.1) is 0 Å². The summed E-state index contributed by atoms with van der Waals surface area (Å²) in [7, 11) is 0. The molecule has 5 rings (SSSR count). The third-order valence-electron chi connectivity index (χ3n) is 5.66. The molecule has 8 heteroatoms. The lowest BCUT2D eigenvalue weighted by atomic mass is 10.2. The Morgan fingerprint density at radius 2 is 1.75 bits per heavy atom. The molecule has 2 heterocycles. The summed E-state index contributed by atoms with van der Waals surface area (Å²) in [5.41, 5.74) is 2.40. The van der Waals surface area contributed by atoms with Crippen molar-refractivity contribution in [2.24, 2.45) is 0 Å². The molecule has 0 aliphatic carbocycles. The Morgan fingerprint density at radius 1 is 0.972 bits per heavy atom. The molecule has 1 aromatic heterocycles. The van der Waals surface area contributed by atoms with Crippen molar-refractivity contribution < 1.29 is 23.2 Å². The highest BCUT2D eigenvalue weighted by molar-refractivity contribution is 5.94. The fourth-order valence-corrected chi connectivity index (χ4v) is 3.83. The van der Waals surface area contributed by atoms with Crippen molar-refractivity contribution in [3.63, 3.8) is 0 Å². The number of ether oxygens (including phenoxy) is 2. The Labute approximate surface area is 207 Å². The summed E-state index contributed by atoms with van der Waals surface area (Å²) in [5, 5.41) is 3.95. The monoisotopic (exact) mass is 485 g/mol. The summed E-state index contributed by atoms with van der Waals surface area (Å²) in [6.45, 7) is 1.34. The largest absolute Gasteiger partial charge is 0.486 e. The zero-order valence-electron chi connectivity index (χ0n) is 19.5. The molecule has 0 spiro atoms. The molecule has 0 N–H and O–H groups in total. The highest BCUT2D eigenvalue weighted by Crippen LogP contribution is 2.34. The number of nitrogens with zero attached hydrogens (tertiary/aromatic N) is 3. The number of aryl methyl sites for hydroxylation is 1. The molecule has 4 aromatic rings. The minimum absolute atomic E-state index is 0.106. The van der Waals surface area contributed by atoms with Gasteiger partial charge < -0.3 is 18.9 Å². The van der Waals surface area contributed by atoms with Gasteiger partial charge in [0.25, 0.3) is 0 Å². The Morgan fingerprint density at radius 3 is 2.56 bits per heavy atom. The van der Waals surface area contributed by atoms with Crippen LogP contribution in [0.25, 0.3) is 17.5 Å². The van der Waals surface area contributed by atoms with Crippen molar-refractivity contribution in [1.82, 2.24) is 10.1 Å². The van der Waals surface area contributed by atoms with Crippen molar-refractivity contribution in [2.75, 3.05) is 24.7 Å². The third-order valence-corrected chi connectivity index (χ3v) is 5.66. The van der Waals surface area contributed by atoms with Crippen LogP contribution in [0, 0.1) is 5.82 Å². The summed E-state index contributed by atoms with van der Waals surface area (Å²) < 4.78 is 29.8. The molecule has 3 aromatic carbocycles. The molecule has 36 heavy (non-hydrogen) atoms. The number of carbonyl (C=O) groups is 1. The molecule has 1 aliphatic heterocycles. The van der Waals surface area contributed by atoms with Crippen LogP contribution in [0.15, 0.2) is 83.4 Å². The van der Waals surface area contributed by atoms with Crippen LogP contribution in [0.5, 0.6) is 11.5 Å². The van der Waals surface area contributed by atoms with Crippen LogP contribution < -0.4 is 14.4 Å². The van der Waals surface area contributed by atoms with Gasteiger partial charge in [0.15, 0.2) is 11.5 Å². The van der Waals surface area contributed by atoms with Gasteiger partial charge in [-0.3, -0.25) is 4.79 Å². The number of fused-ring (bicyclic) bond motifs is 1. The maximum atomic E-state index is 13.3. The van der Waals surface area contributed by atoms with Gasteiger partial charge in [0.1, 0.15) is 19.0 Å². The zero-order valence-corrected chi connectivity index (χ0v) is 19.5. The Hall–Kier alpha value is -4.46. The molecule has 0 unspecified atom stereocenters. The Kier molecular flexibility index (Phi) is 7.02. The second-order valence-corrected chi connectivity index (χ2v) is 8.16. The summed E-state index contributed by atoms with van der Waals surface area (Å²) in [6, 6.07) is 21.2. The summed E-state index contributed by atoms with van der Waals surface area (Å²) >= 11 is 0. The van der Waals surface area contributed by atoms with E-state index in [-0.39, 0.29) is 24.6 Å². The first kappa shape index (κ1) is 23.3. The molecule has 0 radical (unpaired) electrons. The number of amides is 1. The molecule has 182 valence electrons. The van der Waals surface area contributed by atoms with Gasteiger partial charge in [0.2, 0.25) is 17.6 Å². The van der Waals surface area contributed by atoms with E-state index in [4.69, 9.17) is 14.0 Å². The number of anilines is 1. The fraction of sp³-hybridized carbons (Fsp3) is 0.179. The maximum absolute atomic E-state index is 13.3. The lowest BCUT2D eigenvalue weighted by Gasteiger charge is -2.24. The number of hydrogen-bond donors (Lipinski definition) is 0. The number of hydrogen-bond acceptors (Lipinski definition) is 6. The van der Waals surface area contributed by atoms with Gasteiger partial charge in [-0.2, -0.15) is 4.98 Å². The highest BCUT2D eigenvalue weighted by Gasteiger charge is 2.20. The van der Waals surface area contributed by atoms with Crippen molar-refractivity contribution in [1.29, 1.82) is 0 Å². The summed E-state index contributed by atoms with van der Waals surface area (Å²) in [4.78, 5) is 19.4. The van der Waals surface area contributed by atoms with E-state index in [1.807, 2.05) is 60.7 Å². The molecule has 0 saturated carbocycles. The van der Waals surface area contributed by atoms with Crippen LogP contribution >= 0.6 is 0 Å². The molecule has 0 atom stereocenters. The van der Waals surface area contributed by atoms with E-state index in [0.717, 1.165) is 5.56 Å². The molecule has 0 bridgehead atoms. The second-order valence-electron chi connectivity index (χ2n) is 8.16. The molecule has 1 amide bonds. The highest BCUT2D eigenvalue weighted by atomic mass is 19.1. The predicted octanol–water partition coefficient (Wildman–Crippen LogP) is 5.33. The third kappa shape index (κ3) is 5.60. The van der Waals surface area contributed by atoms with E-state index in [9.17, 15) is 9.18 Å². The summed E-state index contributed by atoms with van der Waals surface area (Å²) in [6.07, 6.45) is 4.36. The van der Waals surface area contributed by atoms with Crippen LogP contribution in [0.3, 0.4) is 0 Å². The molecule has 7 nitrogen and oxygen atoms in total. The van der Waals surface area contributed by atoms with E-state index in [1.165, 1.54) is 12.1 Å². The number of rotatable bonds is 8. The van der Waals surface area contributed by atoms with Crippen LogP contribution in [0.1, 0.15) is 17.9 Å². The topological polar surface area (TPSA) is 77.7 Å². The van der Waals surface area contributed by atoms with Crippen LogP contribution in [0.2, 0.25) is 0 Å². The number of benzene rings is 3. The first-order chi connectivity index (χ1) is 17.7. The SMILES string of the molecule is O=C(CCc1nc(-c2ccc(F)cc2)no1)N(CC=Cc1ccccc1)c1ccc2c(c1)OCCO2. The van der Waals surface area contributed by atoms with E-state index >= 15 is 0 Å². The van der Waals surface area contributed by atoms with E-state index in [0.29, 0.717) is 54.2 Å². The minimum atomic E-state index is -0.339. The van der Waals surface area contributed by atoms with Crippen molar-refractivity contribution in [3.05, 3.63) is 96.1 Å². The number of carbonyl (C=O) groups excluding carboxylic acids is 1. The lowest BCUT2D eigenvalue weighted by Crippen LogP contribution is -2.31. The molecular formula is C28H24FN3O4. The summed E-state index contributed by atoms with van der Waals surface area (Å²) in [5.74, 6) is 1.52. The van der Waals surface area contributed by atoms with Crippen LogP contribution in [0.4, 0.5) is 10.1 Å². The number of halogens is 1. The first-order valence-corrected chi connectivity index (χ1v) is 11.7. The average Bonchev–Trinajstić information content (AvgIpc) is 3.40. The van der Waals surface area contributed by atoms with E-state index in [2.05, 4.69) is 10.1 Å². The van der Waals surface area contributed by atoms with Crippen molar-refractivity contribution in [2.45, 2.75) is 12.8 Å². The van der Waals surface area contributed by atoms with Crippen LogP contribution in [-0.4, -0.2) is 35.8 Å². The maximum Gasteiger partial charge on any atom is 0.227 e. The average molecular weight is 486 g/mol. The fourth-order valence-electron chi connectivity index (χ4n) is 3.83. The molecule has 0 saturated heterocycles. The van der Waals surface area contributed by atoms with Crippen molar-refractivity contribution in [3.8, 4) is 22.9 Å². The van der Waals surface area contributed by atoms with Crippen LogP contribution in [-0.2, 0) is 11.2 Å². The van der Waals surface area contributed by atoms with Gasteiger partial charge in [-0.05, 0) is 42.0 Å². The standard InChI is InChI=1S/C28H24FN3O4/c29-22-10-8-21(9-11-22)28-30-26(36-31-28)14-15-27(33)32(16-4-7-20-5-2-1-3-6-20)23-12-13-24-25(19-23)35-18-17-34-24/h1-13,19H,14-18H2. The van der Waals surface area contributed by atoms with Gasteiger partial charge >= 0.3 is 0 Å². The molecular weight excluding hydrogens is 461 g/mol. The van der Waals surface area contributed by atoms with E-state index < -0.39 is 0 Å². The second kappa shape index (κ2) is 10.9. The lowest BCUT2D eigenvalue weighted by molar-refractivity contribution is -0.118. The Bertz CT molecular complexity index is 1350. The van der Waals surface area contributed by atoms with E-state index in [1.54, 1.807) is 17.0 Å². The molecule has 1 aliphatic rings. The van der Waals surface area contributed by atoms with Gasteiger partial charge in [0, 0.05) is 36.7 Å². The van der Waals surface area contributed by atoms with Gasteiger partial charge in [-0.1, -0.05) is 47.6 Å². The molecule has 0 fully saturated rings. The van der Waals surface area contributed by atoms with Gasteiger partial charge in [-0.25, -0.2) is 4.39 Å². The Balaban J connectivity index is 1.31. The van der Waals surface area contributed by atoms with Gasteiger partial charge in [0.05, 0.1) is 0 Å². The number of aromatic nitrogens is 2. The minimum Gasteiger partial charge on any atom is -0.486 e.